The zero-order valence-corrected chi connectivity index (χ0v) is 17.1. The van der Waals surface area contributed by atoms with Crippen LogP contribution in [0, 0.1) is 0 Å². The fourth-order valence-corrected chi connectivity index (χ4v) is 4.79. The molecule has 4 rings (SSSR count). The Morgan fingerprint density at radius 3 is 2.66 bits per heavy atom. The molecule has 1 aliphatic rings. The van der Waals surface area contributed by atoms with Crippen molar-refractivity contribution in [3.8, 4) is 16.3 Å². The Balaban J connectivity index is 1.55. The lowest BCUT2D eigenvalue weighted by atomic mass is 10.2. The summed E-state index contributed by atoms with van der Waals surface area (Å²) in [7, 11) is -3.56. The average molecular weight is 431 g/mol. The number of aromatic nitrogens is 2. The first kappa shape index (κ1) is 19.3. The van der Waals surface area contributed by atoms with Crippen LogP contribution in [-0.4, -0.2) is 42.9 Å². The minimum Gasteiger partial charge on any atom is -0.476 e. The summed E-state index contributed by atoms with van der Waals surface area (Å²) in [6.45, 7) is 1.46. The summed E-state index contributed by atoms with van der Waals surface area (Å²) in [6.07, 6.45) is -1.00. The fourth-order valence-electron chi connectivity index (χ4n) is 2.92. The number of ether oxygens (including phenoxy) is 1. The number of hydrogen-bond donors (Lipinski definition) is 1. The number of carbonyl (C=O) groups is 1. The quantitative estimate of drug-likeness (QED) is 0.668. The van der Waals surface area contributed by atoms with Gasteiger partial charge in [0.15, 0.2) is 6.10 Å². The van der Waals surface area contributed by atoms with E-state index in [4.69, 9.17) is 4.74 Å². The molecule has 2 heterocycles. The van der Waals surface area contributed by atoms with Gasteiger partial charge in [-0.25, -0.2) is 8.42 Å². The van der Waals surface area contributed by atoms with Gasteiger partial charge in [0.25, 0.3) is 5.91 Å². The molecule has 1 aliphatic heterocycles. The van der Waals surface area contributed by atoms with Gasteiger partial charge in [0.2, 0.25) is 15.2 Å². The molecule has 1 amide bonds. The van der Waals surface area contributed by atoms with Crippen LogP contribution in [0.3, 0.4) is 0 Å². The highest BCUT2D eigenvalue weighted by Gasteiger charge is 2.36. The van der Waals surface area contributed by atoms with Gasteiger partial charge < -0.3 is 4.74 Å². The van der Waals surface area contributed by atoms with Gasteiger partial charge in [0, 0.05) is 5.56 Å². The van der Waals surface area contributed by atoms with Gasteiger partial charge in [-0.05, 0) is 19.1 Å². The molecule has 10 heteroatoms. The maximum absolute atomic E-state index is 12.8. The maximum atomic E-state index is 12.8. The minimum absolute atomic E-state index is 0.0769. The van der Waals surface area contributed by atoms with Gasteiger partial charge in [-0.1, -0.05) is 53.8 Å². The largest absolute Gasteiger partial charge is 0.476 e. The molecule has 1 unspecified atom stereocenters. The molecule has 0 spiro atoms. The van der Waals surface area contributed by atoms with Gasteiger partial charge >= 0.3 is 0 Å². The zero-order chi connectivity index (χ0) is 20.4. The van der Waals surface area contributed by atoms with Crippen LogP contribution >= 0.6 is 11.3 Å². The molecule has 2 aromatic carbocycles. The number of nitrogens with one attached hydrogen (secondary N) is 1. The molecular formula is C19H18N4O4S2. The summed E-state index contributed by atoms with van der Waals surface area (Å²) < 4.78 is 32.0. The Hall–Kier alpha value is -2.98. The van der Waals surface area contributed by atoms with Crippen LogP contribution in [0.5, 0.6) is 5.75 Å². The van der Waals surface area contributed by atoms with E-state index in [1.807, 2.05) is 30.3 Å². The summed E-state index contributed by atoms with van der Waals surface area (Å²) in [5.74, 6) is -0.211. The number of anilines is 2. The number of para-hydroxylation sites is 2. The van der Waals surface area contributed by atoms with E-state index in [-0.39, 0.29) is 12.3 Å². The van der Waals surface area contributed by atoms with Crippen LogP contribution in [-0.2, 0) is 14.8 Å². The number of amides is 1. The number of carbonyl (C=O) groups excluding carboxylic acids is 1. The summed E-state index contributed by atoms with van der Waals surface area (Å²) in [4.78, 5) is 12.8. The number of fused-ring (bicyclic) bond motifs is 1. The molecule has 29 heavy (non-hydrogen) atoms. The first-order chi connectivity index (χ1) is 14.0. The average Bonchev–Trinajstić information content (AvgIpc) is 3.22. The lowest BCUT2D eigenvalue weighted by molar-refractivity contribution is -0.122. The zero-order valence-electron chi connectivity index (χ0n) is 15.5. The maximum Gasteiger partial charge on any atom is 0.269 e. The van der Waals surface area contributed by atoms with Crippen molar-refractivity contribution in [1.82, 2.24) is 10.2 Å². The molecule has 0 fully saturated rings. The third-order valence-corrected chi connectivity index (χ3v) is 7.04. The van der Waals surface area contributed by atoms with E-state index in [2.05, 4.69) is 15.5 Å². The van der Waals surface area contributed by atoms with Crippen LogP contribution < -0.4 is 14.4 Å². The molecule has 0 aliphatic carbocycles. The molecule has 1 aromatic heterocycles. The lowest BCUT2D eigenvalue weighted by Crippen LogP contribution is -2.49. The number of rotatable bonds is 5. The van der Waals surface area contributed by atoms with Crippen LogP contribution in [0.2, 0.25) is 0 Å². The second kappa shape index (κ2) is 7.80. The standard InChI is InChI=1S/C19H18N4O4S2/c1-2-29(25,26)23-12-16(27-15-11-7-6-10-14(15)23)17(24)20-19-22-21-18(28-19)13-8-4-3-5-9-13/h3-11,16H,2,12H2,1H3,(H,20,22,24). The van der Waals surface area contributed by atoms with Crippen molar-refractivity contribution in [2.75, 3.05) is 21.9 Å². The third-order valence-electron chi connectivity index (χ3n) is 4.40. The number of nitrogens with zero attached hydrogens (tertiary/aromatic N) is 3. The monoisotopic (exact) mass is 430 g/mol. The molecule has 3 aromatic rings. The Morgan fingerprint density at radius 1 is 1.17 bits per heavy atom. The molecule has 1 atom stereocenters. The first-order valence-electron chi connectivity index (χ1n) is 8.94. The topological polar surface area (TPSA) is 101 Å². The molecule has 150 valence electrons. The van der Waals surface area contributed by atoms with E-state index in [1.54, 1.807) is 31.2 Å². The van der Waals surface area contributed by atoms with E-state index in [0.29, 0.717) is 21.6 Å². The lowest BCUT2D eigenvalue weighted by Gasteiger charge is -2.34. The summed E-state index contributed by atoms with van der Waals surface area (Å²) >= 11 is 1.23. The van der Waals surface area contributed by atoms with Crippen molar-refractivity contribution in [2.45, 2.75) is 13.0 Å². The Morgan fingerprint density at radius 2 is 1.90 bits per heavy atom. The summed E-state index contributed by atoms with van der Waals surface area (Å²) in [6, 6.07) is 16.3. The normalized spacial score (nSPS) is 16.0. The summed E-state index contributed by atoms with van der Waals surface area (Å²) in [5.41, 5.74) is 1.33. The third kappa shape index (κ3) is 3.94. The molecule has 0 radical (unpaired) electrons. The molecule has 0 saturated carbocycles. The molecule has 0 saturated heterocycles. The Kier molecular flexibility index (Phi) is 5.20. The fraction of sp³-hybridized carbons (Fsp3) is 0.211. The molecule has 1 N–H and O–H groups in total. The van der Waals surface area contributed by atoms with Crippen LogP contribution in [0.1, 0.15) is 6.92 Å². The van der Waals surface area contributed by atoms with Crippen LogP contribution in [0.4, 0.5) is 10.8 Å². The van der Waals surface area contributed by atoms with Gasteiger partial charge in [-0.2, -0.15) is 0 Å². The highest BCUT2D eigenvalue weighted by Crippen LogP contribution is 2.35. The second-order valence-corrected chi connectivity index (χ2v) is 9.43. The predicted octanol–water partition coefficient (Wildman–Crippen LogP) is 2.76. The van der Waals surface area contributed by atoms with E-state index in [0.717, 1.165) is 5.56 Å². The minimum atomic E-state index is -3.56. The first-order valence-corrected chi connectivity index (χ1v) is 11.4. The van der Waals surface area contributed by atoms with Gasteiger partial charge in [0.05, 0.1) is 18.0 Å². The van der Waals surface area contributed by atoms with Crippen molar-refractivity contribution in [3.63, 3.8) is 0 Å². The highest BCUT2D eigenvalue weighted by atomic mass is 32.2. The Labute approximate surface area is 172 Å². The van der Waals surface area contributed by atoms with E-state index in [1.165, 1.54) is 15.6 Å². The molecular weight excluding hydrogens is 412 g/mol. The van der Waals surface area contributed by atoms with Crippen LogP contribution in [0.15, 0.2) is 54.6 Å². The van der Waals surface area contributed by atoms with Crippen LogP contribution in [0.25, 0.3) is 10.6 Å². The number of benzene rings is 2. The smallest absolute Gasteiger partial charge is 0.269 e. The Bertz CT molecular complexity index is 1130. The van der Waals surface area contributed by atoms with Crippen molar-refractivity contribution < 1.29 is 17.9 Å². The SMILES string of the molecule is CCS(=O)(=O)N1CC(C(=O)Nc2nnc(-c3ccccc3)s2)Oc2ccccc21. The predicted molar refractivity (Wildman–Crippen MR) is 112 cm³/mol. The van der Waals surface area contributed by atoms with E-state index >= 15 is 0 Å². The van der Waals surface area contributed by atoms with Crippen molar-refractivity contribution in [2.24, 2.45) is 0 Å². The van der Waals surface area contributed by atoms with Gasteiger partial charge in [-0.15, -0.1) is 10.2 Å². The van der Waals surface area contributed by atoms with Crippen molar-refractivity contribution >= 4 is 38.1 Å². The number of sulfonamides is 1. The van der Waals surface area contributed by atoms with Gasteiger partial charge in [-0.3, -0.25) is 14.4 Å². The number of hydrogen-bond acceptors (Lipinski definition) is 7. The molecule has 0 bridgehead atoms. The van der Waals surface area contributed by atoms with Gasteiger partial charge in [0.1, 0.15) is 10.8 Å². The van der Waals surface area contributed by atoms with Crippen molar-refractivity contribution in [3.05, 3.63) is 54.6 Å². The van der Waals surface area contributed by atoms with Crippen molar-refractivity contribution in [1.29, 1.82) is 0 Å². The highest BCUT2D eigenvalue weighted by molar-refractivity contribution is 7.92. The summed E-state index contributed by atoms with van der Waals surface area (Å²) in [5, 5.41) is 11.8. The van der Waals surface area contributed by atoms with E-state index in [9.17, 15) is 13.2 Å². The van der Waals surface area contributed by atoms with E-state index < -0.39 is 22.0 Å². The second-order valence-electron chi connectivity index (χ2n) is 6.27. The molecule has 8 nitrogen and oxygen atoms in total.